The van der Waals surface area contributed by atoms with E-state index < -0.39 is 0 Å². The molecule has 0 spiro atoms. The van der Waals surface area contributed by atoms with E-state index in [1.54, 1.807) is 0 Å². The number of amides is 2. The Morgan fingerprint density at radius 3 is 2.60 bits per heavy atom. The summed E-state index contributed by atoms with van der Waals surface area (Å²) in [6.07, 6.45) is 1.92. The Balaban J connectivity index is 1.40. The van der Waals surface area contributed by atoms with Crippen LogP contribution in [-0.2, 0) is 0 Å². The molecule has 0 bridgehead atoms. The van der Waals surface area contributed by atoms with Gasteiger partial charge in [-0.3, -0.25) is 0 Å². The van der Waals surface area contributed by atoms with Crippen LogP contribution < -0.4 is 10.6 Å². The Labute approximate surface area is 144 Å². The number of fused-ring (bicyclic) bond motifs is 1. The normalized spacial score (nSPS) is 15.1. The number of hydrogen-bond donors (Lipinski definition) is 3. The lowest BCUT2D eigenvalue weighted by atomic mass is 10.1. The van der Waals surface area contributed by atoms with Gasteiger partial charge in [0.15, 0.2) is 5.58 Å². The van der Waals surface area contributed by atoms with Crippen molar-refractivity contribution in [2.24, 2.45) is 5.41 Å². The molecule has 0 saturated heterocycles. The molecular formula is C19H19N3O3. The fourth-order valence-corrected chi connectivity index (χ4v) is 2.70. The highest BCUT2D eigenvalue weighted by Crippen LogP contribution is 2.44. The van der Waals surface area contributed by atoms with Gasteiger partial charge in [0.2, 0.25) is 5.89 Å². The molecule has 0 radical (unpaired) electrons. The van der Waals surface area contributed by atoms with E-state index in [0.717, 1.165) is 29.5 Å². The number of carbonyl (C=O) groups excluding carboxylic acids is 1. The van der Waals surface area contributed by atoms with Crippen molar-refractivity contribution in [1.82, 2.24) is 10.3 Å². The highest BCUT2D eigenvalue weighted by Gasteiger charge is 2.42. The summed E-state index contributed by atoms with van der Waals surface area (Å²) in [6, 6.07) is 14.7. The fraction of sp³-hybridized carbons (Fsp3) is 0.263. The van der Waals surface area contributed by atoms with Crippen LogP contribution in [0.1, 0.15) is 12.8 Å². The Morgan fingerprint density at radius 1 is 1.16 bits per heavy atom. The van der Waals surface area contributed by atoms with Gasteiger partial charge in [-0.2, -0.15) is 0 Å². The van der Waals surface area contributed by atoms with Gasteiger partial charge in [0.25, 0.3) is 0 Å². The van der Waals surface area contributed by atoms with E-state index in [4.69, 9.17) is 4.42 Å². The molecule has 1 aliphatic rings. The standard InChI is InChI=1S/C19H19N3O3/c23-12-19(9-10-19)11-20-18(24)21-14-7-5-13(6-8-14)17-22-15-3-1-2-4-16(15)25-17/h1-8,23H,9-12H2,(H2,20,21,24). The van der Waals surface area contributed by atoms with Gasteiger partial charge >= 0.3 is 6.03 Å². The SMILES string of the molecule is O=C(NCC1(CO)CC1)Nc1ccc(-c2nc3ccccc3o2)cc1. The first-order chi connectivity index (χ1) is 12.2. The molecule has 1 saturated carbocycles. The molecule has 128 valence electrons. The summed E-state index contributed by atoms with van der Waals surface area (Å²) < 4.78 is 5.74. The minimum absolute atomic E-state index is 0.103. The van der Waals surface area contributed by atoms with Gasteiger partial charge in [0.05, 0.1) is 6.61 Å². The van der Waals surface area contributed by atoms with E-state index in [1.165, 1.54) is 0 Å². The predicted octanol–water partition coefficient (Wildman–Crippen LogP) is 3.39. The zero-order chi connectivity index (χ0) is 17.3. The minimum atomic E-state index is -0.269. The van der Waals surface area contributed by atoms with Crippen molar-refractivity contribution in [2.75, 3.05) is 18.5 Å². The van der Waals surface area contributed by atoms with Crippen LogP contribution in [0.4, 0.5) is 10.5 Å². The molecule has 4 rings (SSSR count). The van der Waals surface area contributed by atoms with E-state index in [1.807, 2.05) is 48.5 Å². The van der Waals surface area contributed by atoms with Crippen molar-refractivity contribution in [3.63, 3.8) is 0 Å². The van der Waals surface area contributed by atoms with Gasteiger partial charge in [0.1, 0.15) is 5.52 Å². The lowest BCUT2D eigenvalue weighted by molar-refractivity contribution is 0.206. The molecule has 2 amide bonds. The average Bonchev–Trinajstić information content (AvgIpc) is 3.30. The maximum Gasteiger partial charge on any atom is 0.319 e. The number of para-hydroxylation sites is 2. The average molecular weight is 337 g/mol. The largest absolute Gasteiger partial charge is 0.436 e. The van der Waals surface area contributed by atoms with Crippen molar-refractivity contribution in [3.05, 3.63) is 48.5 Å². The van der Waals surface area contributed by atoms with Gasteiger partial charge in [-0.25, -0.2) is 9.78 Å². The molecule has 0 unspecified atom stereocenters. The van der Waals surface area contributed by atoms with E-state index in [2.05, 4.69) is 15.6 Å². The first-order valence-corrected chi connectivity index (χ1v) is 8.29. The summed E-state index contributed by atoms with van der Waals surface area (Å²) >= 11 is 0. The van der Waals surface area contributed by atoms with Crippen molar-refractivity contribution in [3.8, 4) is 11.5 Å². The lowest BCUT2D eigenvalue weighted by Gasteiger charge is -2.13. The Hall–Kier alpha value is -2.86. The molecule has 25 heavy (non-hydrogen) atoms. The van der Waals surface area contributed by atoms with Gasteiger partial charge in [0, 0.05) is 23.2 Å². The predicted molar refractivity (Wildman–Crippen MR) is 95.2 cm³/mol. The second-order valence-corrected chi connectivity index (χ2v) is 6.53. The summed E-state index contributed by atoms with van der Waals surface area (Å²) in [5.41, 5.74) is 2.99. The van der Waals surface area contributed by atoms with E-state index in [-0.39, 0.29) is 18.1 Å². The van der Waals surface area contributed by atoms with Crippen molar-refractivity contribution in [2.45, 2.75) is 12.8 Å². The number of oxazole rings is 1. The number of nitrogens with zero attached hydrogens (tertiary/aromatic N) is 1. The van der Waals surface area contributed by atoms with Crippen LogP contribution in [0.15, 0.2) is 52.9 Å². The lowest BCUT2D eigenvalue weighted by Crippen LogP contribution is -2.35. The number of carbonyl (C=O) groups is 1. The molecule has 1 fully saturated rings. The smallest absolute Gasteiger partial charge is 0.319 e. The van der Waals surface area contributed by atoms with Gasteiger partial charge in [-0.1, -0.05) is 12.1 Å². The molecule has 6 heteroatoms. The molecule has 0 aliphatic heterocycles. The number of aliphatic hydroxyl groups excluding tert-OH is 1. The number of hydrogen-bond acceptors (Lipinski definition) is 4. The Morgan fingerprint density at radius 2 is 1.92 bits per heavy atom. The van der Waals surface area contributed by atoms with Gasteiger partial charge in [-0.05, 0) is 49.2 Å². The van der Waals surface area contributed by atoms with Crippen LogP contribution in [0.5, 0.6) is 0 Å². The van der Waals surface area contributed by atoms with Crippen molar-refractivity contribution >= 4 is 22.8 Å². The Bertz CT molecular complexity index is 865. The van der Waals surface area contributed by atoms with Crippen LogP contribution >= 0.6 is 0 Å². The minimum Gasteiger partial charge on any atom is -0.436 e. The number of aromatic nitrogens is 1. The summed E-state index contributed by atoms with van der Waals surface area (Å²) in [7, 11) is 0. The zero-order valence-corrected chi connectivity index (χ0v) is 13.7. The first kappa shape index (κ1) is 15.7. The first-order valence-electron chi connectivity index (χ1n) is 8.29. The fourth-order valence-electron chi connectivity index (χ4n) is 2.70. The third kappa shape index (κ3) is 3.34. The summed E-state index contributed by atoms with van der Waals surface area (Å²) in [5.74, 6) is 0.552. The van der Waals surface area contributed by atoms with Crippen LogP contribution in [0.3, 0.4) is 0 Å². The molecule has 0 atom stereocenters. The maximum absolute atomic E-state index is 11.9. The van der Waals surface area contributed by atoms with E-state index >= 15 is 0 Å². The van der Waals surface area contributed by atoms with E-state index in [9.17, 15) is 9.90 Å². The monoisotopic (exact) mass is 337 g/mol. The van der Waals surface area contributed by atoms with Crippen LogP contribution in [0.25, 0.3) is 22.6 Å². The quantitative estimate of drug-likeness (QED) is 0.666. The third-order valence-electron chi connectivity index (χ3n) is 4.60. The Kier molecular flexibility index (Phi) is 3.89. The molecule has 6 nitrogen and oxygen atoms in total. The van der Waals surface area contributed by atoms with Crippen LogP contribution in [0, 0.1) is 5.41 Å². The van der Waals surface area contributed by atoms with Crippen molar-refractivity contribution < 1.29 is 14.3 Å². The molecule has 1 aromatic heterocycles. The number of rotatable bonds is 5. The molecule has 1 heterocycles. The topological polar surface area (TPSA) is 87.4 Å². The van der Waals surface area contributed by atoms with E-state index in [0.29, 0.717) is 18.1 Å². The van der Waals surface area contributed by atoms with Crippen LogP contribution in [-0.4, -0.2) is 29.3 Å². The second-order valence-electron chi connectivity index (χ2n) is 6.53. The highest BCUT2D eigenvalue weighted by atomic mass is 16.3. The highest BCUT2D eigenvalue weighted by molar-refractivity contribution is 5.89. The third-order valence-corrected chi connectivity index (χ3v) is 4.60. The zero-order valence-electron chi connectivity index (χ0n) is 13.7. The maximum atomic E-state index is 11.9. The molecule has 3 N–H and O–H groups in total. The summed E-state index contributed by atoms with van der Waals surface area (Å²) in [4.78, 5) is 16.4. The molecule has 2 aromatic carbocycles. The number of anilines is 1. The van der Waals surface area contributed by atoms with Gasteiger partial charge < -0.3 is 20.2 Å². The molecule has 1 aliphatic carbocycles. The van der Waals surface area contributed by atoms with Crippen LogP contribution in [0.2, 0.25) is 0 Å². The second kappa shape index (κ2) is 6.22. The van der Waals surface area contributed by atoms with Gasteiger partial charge in [-0.15, -0.1) is 0 Å². The summed E-state index contributed by atoms with van der Waals surface area (Å²) in [5, 5.41) is 14.9. The number of nitrogens with one attached hydrogen (secondary N) is 2. The molecular weight excluding hydrogens is 318 g/mol. The summed E-state index contributed by atoms with van der Waals surface area (Å²) in [6.45, 7) is 0.614. The number of aliphatic hydroxyl groups is 1. The number of benzene rings is 2. The molecule has 3 aromatic rings. The van der Waals surface area contributed by atoms with Crippen molar-refractivity contribution in [1.29, 1.82) is 0 Å². The number of urea groups is 1.